The van der Waals surface area contributed by atoms with E-state index in [0.29, 0.717) is 6.61 Å². The highest BCUT2D eigenvalue weighted by atomic mass is 79.9. The first-order valence-corrected chi connectivity index (χ1v) is 6.07. The molecule has 0 atom stereocenters. The van der Waals surface area contributed by atoms with E-state index in [0.717, 1.165) is 21.3 Å². The van der Waals surface area contributed by atoms with Crippen LogP contribution in [-0.2, 0) is 6.61 Å². The van der Waals surface area contributed by atoms with Gasteiger partial charge in [0.2, 0.25) is 0 Å². The predicted molar refractivity (Wildman–Crippen MR) is 69.6 cm³/mol. The SMILES string of the molecule is Cc1cc(Br)cc(OCc2cccc(F)c2)c1. The molecule has 1 nitrogen and oxygen atoms in total. The minimum atomic E-state index is -0.239. The van der Waals surface area contributed by atoms with Gasteiger partial charge in [0.15, 0.2) is 0 Å². The lowest BCUT2D eigenvalue weighted by Crippen LogP contribution is -1.96. The molecule has 2 rings (SSSR count). The maximum absolute atomic E-state index is 13.0. The van der Waals surface area contributed by atoms with Crippen LogP contribution in [0.2, 0.25) is 0 Å². The van der Waals surface area contributed by atoms with E-state index in [1.807, 2.05) is 31.2 Å². The Labute approximate surface area is 108 Å². The summed E-state index contributed by atoms with van der Waals surface area (Å²) >= 11 is 3.41. The van der Waals surface area contributed by atoms with Crippen LogP contribution in [0.25, 0.3) is 0 Å². The number of halogens is 2. The molecule has 0 aromatic heterocycles. The van der Waals surface area contributed by atoms with Gasteiger partial charge in [0.25, 0.3) is 0 Å². The van der Waals surface area contributed by atoms with Gasteiger partial charge in [-0.05, 0) is 48.4 Å². The van der Waals surface area contributed by atoms with Gasteiger partial charge in [-0.15, -0.1) is 0 Å². The molecule has 0 saturated carbocycles. The van der Waals surface area contributed by atoms with E-state index in [1.54, 1.807) is 6.07 Å². The average Bonchev–Trinajstić information content (AvgIpc) is 2.25. The van der Waals surface area contributed by atoms with Crippen LogP contribution in [0.4, 0.5) is 4.39 Å². The van der Waals surface area contributed by atoms with Crippen LogP contribution >= 0.6 is 15.9 Å². The van der Waals surface area contributed by atoms with E-state index in [1.165, 1.54) is 12.1 Å². The number of aryl methyl sites for hydroxylation is 1. The highest BCUT2D eigenvalue weighted by molar-refractivity contribution is 9.10. The minimum absolute atomic E-state index is 0.239. The second kappa shape index (κ2) is 5.32. The molecule has 2 aromatic rings. The lowest BCUT2D eigenvalue weighted by molar-refractivity contribution is 0.305. The summed E-state index contributed by atoms with van der Waals surface area (Å²) in [5, 5.41) is 0. The second-order valence-electron chi connectivity index (χ2n) is 3.88. The van der Waals surface area contributed by atoms with Crippen molar-refractivity contribution in [3.8, 4) is 5.75 Å². The molecular weight excluding hydrogens is 283 g/mol. The van der Waals surface area contributed by atoms with Crippen molar-refractivity contribution in [1.82, 2.24) is 0 Å². The van der Waals surface area contributed by atoms with Crippen LogP contribution in [0, 0.1) is 12.7 Å². The number of benzene rings is 2. The third kappa shape index (κ3) is 3.56. The van der Waals surface area contributed by atoms with E-state index in [4.69, 9.17) is 4.74 Å². The molecule has 17 heavy (non-hydrogen) atoms. The molecule has 0 spiro atoms. The molecule has 0 heterocycles. The fourth-order valence-electron chi connectivity index (χ4n) is 1.58. The monoisotopic (exact) mass is 294 g/mol. The summed E-state index contributed by atoms with van der Waals surface area (Å²) in [5.74, 6) is 0.539. The smallest absolute Gasteiger partial charge is 0.123 e. The van der Waals surface area contributed by atoms with Crippen LogP contribution in [-0.4, -0.2) is 0 Å². The van der Waals surface area contributed by atoms with Gasteiger partial charge in [0.05, 0.1) is 0 Å². The molecule has 3 heteroatoms. The Balaban J connectivity index is 2.07. The van der Waals surface area contributed by atoms with Crippen LogP contribution in [0.1, 0.15) is 11.1 Å². The summed E-state index contributed by atoms with van der Waals surface area (Å²) in [5.41, 5.74) is 1.94. The number of hydrogen-bond donors (Lipinski definition) is 0. The van der Waals surface area contributed by atoms with E-state index < -0.39 is 0 Å². The van der Waals surface area contributed by atoms with E-state index in [-0.39, 0.29) is 5.82 Å². The Morgan fingerprint density at radius 2 is 2.00 bits per heavy atom. The Morgan fingerprint density at radius 1 is 1.18 bits per heavy atom. The van der Waals surface area contributed by atoms with Gasteiger partial charge in [-0.25, -0.2) is 4.39 Å². The molecule has 0 N–H and O–H groups in total. The van der Waals surface area contributed by atoms with Crippen molar-refractivity contribution in [2.24, 2.45) is 0 Å². The summed E-state index contributed by atoms with van der Waals surface area (Å²) in [6, 6.07) is 12.3. The zero-order valence-electron chi connectivity index (χ0n) is 9.41. The Bertz CT molecular complexity index is 505. The zero-order chi connectivity index (χ0) is 12.3. The average molecular weight is 295 g/mol. The molecule has 0 unspecified atom stereocenters. The molecular formula is C14H12BrFO. The van der Waals surface area contributed by atoms with Crippen molar-refractivity contribution in [1.29, 1.82) is 0 Å². The number of hydrogen-bond acceptors (Lipinski definition) is 1. The molecule has 0 bridgehead atoms. The van der Waals surface area contributed by atoms with Gasteiger partial charge in [-0.2, -0.15) is 0 Å². The standard InChI is InChI=1S/C14H12BrFO/c1-10-5-12(15)8-14(6-10)17-9-11-3-2-4-13(16)7-11/h2-8H,9H2,1H3. The van der Waals surface area contributed by atoms with Crippen molar-refractivity contribution in [2.75, 3.05) is 0 Å². The number of rotatable bonds is 3. The van der Waals surface area contributed by atoms with E-state index in [9.17, 15) is 4.39 Å². The van der Waals surface area contributed by atoms with Crippen LogP contribution < -0.4 is 4.74 Å². The van der Waals surface area contributed by atoms with Crippen LogP contribution in [0.15, 0.2) is 46.9 Å². The fourth-order valence-corrected chi connectivity index (χ4v) is 2.17. The summed E-state index contributed by atoms with van der Waals surface area (Å²) in [6.45, 7) is 2.37. The van der Waals surface area contributed by atoms with Gasteiger partial charge < -0.3 is 4.74 Å². The molecule has 0 fully saturated rings. The van der Waals surface area contributed by atoms with Crippen molar-refractivity contribution in [3.05, 3.63) is 63.9 Å². The van der Waals surface area contributed by atoms with Gasteiger partial charge >= 0.3 is 0 Å². The molecule has 0 aliphatic carbocycles. The first kappa shape index (κ1) is 12.1. The Morgan fingerprint density at radius 3 is 2.71 bits per heavy atom. The largest absolute Gasteiger partial charge is 0.489 e. The molecule has 88 valence electrons. The Hall–Kier alpha value is -1.35. The second-order valence-corrected chi connectivity index (χ2v) is 4.80. The summed E-state index contributed by atoms with van der Waals surface area (Å²) in [7, 11) is 0. The molecule has 0 radical (unpaired) electrons. The minimum Gasteiger partial charge on any atom is -0.489 e. The molecule has 0 amide bonds. The van der Waals surface area contributed by atoms with Gasteiger partial charge in [0, 0.05) is 4.47 Å². The summed E-state index contributed by atoms with van der Waals surface area (Å²) in [6.07, 6.45) is 0. The third-order valence-corrected chi connectivity index (χ3v) is 2.77. The van der Waals surface area contributed by atoms with Crippen molar-refractivity contribution >= 4 is 15.9 Å². The maximum atomic E-state index is 13.0. The summed E-state index contributed by atoms with van der Waals surface area (Å²) < 4.78 is 19.5. The van der Waals surface area contributed by atoms with Crippen molar-refractivity contribution in [2.45, 2.75) is 13.5 Å². The van der Waals surface area contributed by atoms with Gasteiger partial charge in [-0.1, -0.05) is 28.1 Å². The van der Waals surface area contributed by atoms with Crippen LogP contribution in [0.5, 0.6) is 5.75 Å². The molecule has 0 aliphatic heterocycles. The highest BCUT2D eigenvalue weighted by Crippen LogP contribution is 2.21. The third-order valence-electron chi connectivity index (χ3n) is 2.31. The lowest BCUT2D eigenvalue weighted by atomic mass is 10.2. The van der Waals surface area contributed by atoms with E-state index >= 15 is 0 Å². The Kier molecular flexibility index (Phi) is 3.79. The van der Waals surface area contributed by atoms with E-state index in [2.05, 4.69) is 15.9 Å². The van der Waals surface area contributed by atoms with Gasteiger partial charge in [-0.3, -0.25) is 0 Å². The topological polar surface area (TPSA) is 9.23 Å². The maximum Gasteiger partial charge on any atom is 0.123 e. The highest BCUT2D eigenvalue weighted by Gasteiger charge is 2.00. The zero-order valence-corrected chi connectivity index (χ0v) is 11.0. The summed E-state index contributed by atoms with van der Waals surface area (Å²) in [4.78, 5) is 0. The fraction of sp³-hybridized carbons (Fsp3) is 0.143. The quantitative estimate of drug-likeness (QED) is 0.811. The number of ether oxygens (including phenoxy) is 1. The molecule has 0 saturated heterocycles. The first-order valence-electron chi connectivity index (χ1n) is 5.28. The lowest BCUT2D eigenvalue weighted by Gasteiger charge is -2.07. The van der Waals surface area contributed by atoms with Crippen LogP contribution in [0.3, 0.4) is 0 Å². The van der Waals surface area contributed by atoms with Crippen molar-refractivity contribution < 1.29 is 9.13 Å². The molecule has 0 aliphatic rings. The predicted octanol–water partition coefficient (Wildman–Crippen LogP) is 4.48. The van der Waals surface area contributed by atoms with Gasteiger partial charge in [0.1, 0.15) is 18.2 Å². The first-order chi connectivity index (χ1) is 8.13. The molecule has 2 aromatic carbocycles. The normalized spacial score (nSPS) is 10.3. The van der Waals surface area contributed by atoms with Crippen molar-refractivity contribution in [3.63, 3.8) is 0 Å².